The van der Waals surface area contributed by atoms with Gasteiger partial charge in [-0.05, 0) is 96.1 Å². The molecule has 3 heterocycles. The summed E-state index contributed by atoms with van der Waals surface area (Å²) in [7, 11) is 0. The second-order valence-corrected chi connectivity index (χ2v) is 14.0. The maximum atomic E-state index is 10.5. The van der Waals surface area contributed by atoms with Crippen LogP contribution in [0.1, 0.15) is 11.1 Å². The van der Waals surface area contributed by atoms with Gasteiger partial charge in [0.25, 0.3) is 0 Å². The molecular weight excluding hydrogens is 671 g/mol. The number of benzene rings is 8. The van der Waals surface area contributed by atoms with Crippen LogP contribution in [0.25, 0.3) is 93.6 Å². The van der Waals surface area contributed by atoms with Crippen molar-refractivity contribution in [3.63, 3.8) is 0 Å². The fraction of sp³-hybridized carbons (Fsp3) is 0. The van der Waals surface area contributed by atoms with Crippen LogP contribution in [0.2, 0.25) is 0 Å². The Morgan fingerprint density at radius 1 is 0.327 bits per heavy atom. The molecule has 55 heavy (non-hydrogen) atoms. The van der Waals surface area contributed by atoms with Crippen molar-refractivity contribution in [2.75, 3.05) is 0 Å². The summed E-state index contributed by atoms with van der Waals surface area (Å²) in [6.07, 6.45) is 0. The number of para-hydroxylation sites is 4. The van der Waals surface area contributed by atoms with E-state index in [1.54, 1.807) is 0 Å². The van der Waals surface area contributed by atoms with Gasteiger partial charge in [-0.1, -0.05) is 91.0 Å². The number of hydrogen-bond acceptors (Lipinski definition) is 2. The van der Waals surface area contributed by atoms with Crippen LogP contribution in [0.15, 0.2) is 176 Å². The Kier molecular flexibility index (Phi) is 6.61. The van der Waals surface area contributed by atoms with Crippen molar-refractivity contribution in [2.45, 2.75) is 0 Å². The zero-order valence-electron chi connectivity index (χ0n) is 29.5. The fourth-order valence-electron chi connectivity index (χ4n) is 8.67. The van der Waals surface area contributed by atoms with Crippen LogP contribution in [-0.4, -0.2) is 13.7 Å². The second kappa shape index (κ2) is 11.8. The monoisotopic (exact) mass is 699 g/mol. The lowest BCUT2D eigenvalue weighted by atomic mass is 10.0. The highest BCUT2D eigenvalue weighted by molar-refractivity contribution is 6.13. The van der Waals surface area contributed by atoms with E-state index in [0.29, 0.717) is 11.1 Å². The van der Waals surface area contributed by atoms with Crippen LogP contribution >= 0.6 is 0 Å². The van der Waals surface area contributed by atoms with E-state index in [9.17, 15) is 10.5 Å². The molecule has 0 aliphatic heterocycles. The van der Waals surface area contributed by atoms with Gasteiger partial charge >= 0.3 is 0 Å². The lowest BCUT2D eigenvalue weighted by Gasteiger charge is -2.14. The minimum Gasteiger partial charge on any atom is -0.309 e. The molecule has 0 radical (unpaired) electrons. The third-order valence-corrected chi connectivity index (χ3v) is 11.1. The Morgan fingerprint density at radius 2 is 0.782 bits per heavy atom. The van der Waals surface area contributed by atoms with Gasteiger partial charge in [0.15, 0.2) is 0 Å². The lowest BCUT2D eigenvalue weighted by Crippen LogP contribution is -1.99. The number of hydrogen-bond donors (Lipinski definition) is 0. The van der Waals surface area contributed by atoms with Crippen LogP contribution in [0.5, 0.6) is 0 Å². The standard InChI is InChI=1S/C50H29N5/c51-30-32-17-25-48-42(27-32)40-11-3-7-15-46(40)53(48)36-22-20-33(21-23-36)34-18-19-35(31-52)50(28-34)55-47-16-8-4-12-41(47)43-29-37(24-26-49(43)55)54-44-13-5-1-9-38(44)39-10-2-6-14-45(39)54/h1-29H. The molecular formula is C50H29N5. The van der Waals surface area contributed by atoms with E-state index >= 15 is 0 Å². The van der Waals surface area contributed by atoms with Gasteiger partial charge in [0.05, 0.1) is 56.0 Å². The molecule has 0 spiro atoms. The number of aromatic nitrogens is 3. The summed E-state index contributed by atoms with van der Waals surface area (Å²) in [5.74, 6) is 0. The van der Waals surface area contributed by atoms with Gasteiger partial charge in [-0.25, -0.2) is 0 Å². The maximum absolute atomic E-state index is 10.5. The van der Waals surface area contributed by atoms with Crippen molar-refractivity contribution in [1.82, 2.24) is 13.7 Å². The van der Waals surface area contributed by atoms with E-state index in [1.165, 1.54) is 21.8 Å². The summed E-state index contributed by atoms with van der Waals surface area (Å²) in [4.78, 5) is 0. The van der Waals surface area contributed by atoms with Gasteiger partial charge < -0.3 is 13.7 Å². The molecule has 0 saturated heterocycles. The number of fused-ring (bicyclic) bond motifs is 9. The van der Waals surface area contributed by atoms with Gasteiger partial charge in [-0.15, -0.1) is 0 Å². The average Bonchev–Trinajstić information content (AvgIpc) is 3.88. The number of nitrogens with zero attached hydrogens (tertiary/aromatic N) is 5. The SMILES string of the molecule is N#Cc1ccc2c(c1)c1ccccc1n2-c1ccc(-c2ccc(C#N)c(-n3c4ccccc4c4cc(-n5c6ccccc6c6ccccc65)ccc43)c2)cc1. The first-order valence-electron chi connectivity index (χ1n) is 18.3. The van der Waals surface area contributed by atoms with Crippen molar-refractivity contribution in [2.24, 2.45) is 0 Å². The first-order valence-corrected chi connectivity index (χ1v) is 18.3. The van der Waals surface area contributed by atoms with Crippen LogP contribution in [0, 0.1) is 22.7 Å². The average molecular weight is 700 g/mol. The van der Waals surface area contributed by atoms with Crippen LogP contribution in [0.4, 0.5) is 0 Å². The Hall–Kier alpha value is -7.86. The smallest absolute Gasteiger partial charge is 0.101 e. The first kappa shape index (κ1) is 30.7. The summed E-state index contributed by atoms with van der Waals surface area (Å²) >= 11 is 0. The highest BCUT2D eigenvalue weighted by Gasteiger charge is 2.19. The van der Waals surface area contributed by atoms with Crippen molar-refractivity contribution in [3.8, 4) is 40.3 Å². The molecule has 0 atom stereocenters. The minimum atomic E-state index is 0.608. The van der Waals surface area contributed by atoms with E-state index in [-0.39, 0.29) is 0 Å². The molecule has 5 nitrogen and oxygen atoms in total. The van der Waals surface area contributed by atoms with E-state index in [2.05, 4.69) is 165 Å². The van der Waals surface area contributed by atoms with Gasteiger partial charge in [-0.2, -0.15) is 10.5 Å². The van der Waals surface area contributed by atoms with E-state index in [4.69, 9.17) is 0 Å². The highest BCUT2D eigenvalue weighted by atomic mass is 15.0. The van der Waals surface area contributed by atoms with E-state index < -0.39 is 0 Å². The zero-order valence-corrected chi connectivity index (χ0v) is 29.5. The summed E-state index contributed by atoms with van der Waals surface area (Å²) in [6, 6.07) is 66.0. The van der Waals surface area contributed by atoms with Crippen LogP contribution in [0.3, 0.4) is 0 Å². The predicted octanol–water partition coefficient (Wildman–Crippen LogP) is 12.4. The van der Waals surface area contributed by atoms with E-state index in [1.807, 2.05) is 36.4 Å². The summed E-state index contributed by atoms with van der Waals surface area (Å²) in [5.41, 5.74) is 12.9. The molecule has 8 aromatic carbocycles. The molecule has 11 rings (SSSR count). The molecule has 0 aliphatic carbocycles. The summed E-state index contributed by atoms with van der Waals surface area (Å²) in [6.45, 7) is 0. The Morgan fingerprint density at radius 3 is 1.38 bits per heavy atom. The van der Waals surface area contributed by atoms with Crippen molar-refractivity contribution in [1.29, 1.82) is 10.5 Å². The molecule has 0 bridgehead atoms. The van der Waals surface area contributed by atoms with Gasteiger partial charge in [-0.3, -0.25) is 0 Å². The van der Waals surface area contributed by atoms with Gasteiger partial charge in [0.2, 0.25) is 0 Å². The molecule has 11 aromatic rings. The third-order valence-electron chi connectivity index (χ3n) is 11.1. The molecule has 0 fully saturated rings. The normalized spacial score (nSPS) is 11.6. The molecule has 0 unspecified atom stereocenters. The Balaban J connectivity index is 1.06. The third kappa shape index (κ3) is 4.51. The Labute approximate surface area is 316 Å². The number of nitriles is 2. The van der Waals surface area contributed by atoms with E-state index in [0.717, 1.165) is 71.8 Å². The topological polar surface area (TPSA) is 62.4 Å². The second-order valence-electron chi connectivity index (χ2n) is 14.0. The van der Waals surface area contributed by atoms with Crippen molar-refractivity contribution in [3.05, 3.63) is 187 Å². The molecule has 254 valence electrons. The minimum absolute atomic E-state index is 0.608. The Bertz CT molecular complexity index is 3400. The highest BCUT2D eigenvalue weighted by Crippen LogP contribution is 2.39. The van der Waals surface area contributed by atoms with Crippen molar-refractivity contribution >= 4 is 65.4 Å². The molecule has 5 heteroatoms. The zero-order chi connectivity index (χ0) is 36.6. The van der Waals surface area contributed by atoms with Crippen molar-refractivity contribution < 1.29 is 0 Å². The van der Waals surface area contributed by atoms with Crippen LogP contribution in [-0.2, 0) is 0 Å². The fourth-order valence-corrected chi connectivity index (χ4v) is 8.67. The predicted molar refractivity (Wildman–Crippen MR) is 224 cm³/mol. The van der Waals surface area contributed by atoms with Gasteiger partial charge in [0, 0.05) is 43.7 Å². The molecule has 0 N–H and O–H groups in total. The largest absolute Gasteiger partial charge is 0.309 e. The molecule has 0 aliphatic rings. The maximum Gasteiger partial charge on any atom is 0.101 e. The first-order chi connectivity index (χ1) is 27.2. The number of rotatable bonds is 4. The molecule has 0 saturated carbocycles. The molecule has 3 aromatic heterocycles. The summed E-state index contributed by atoms with van der Waals surface area (Å²) in [5, 5.41) is 26.9. The quantitative estimate of drug-likeness (QED) is 0.184. The molecule has 0 amide bonds. The lowest BCUT2D eigenvalue weighted by molar-refractivity contribution is 1.16. The summed E-state index contributed by atoms with van der Waals surface area (Å²) < 4.78 is 6.85. The van der Waals surface area contributed by atoms with Gasteiger partial charge in [0.1, 0.15) is 6.07 Å². The van der Waals surface area contributed by atoms with Crippen LogP contribution < -0.4 is 0 Å².